The van der Waals surface area contributed by atoms with E-state index < -0.39 is 0 Å². The summed E-state index contributed by atoms with van der Waals surface area (Å²) in [6.45, 7) is 8.46. The molecule has 0 rings (SSSR count). The van der Waals surface area contributed by atoms with Gasteiger partial charge in [0.2, 0.25) is 0 Å². The van der Waals surface area contributed by atoms with E-state index in [0.717, 1.165) is 6.42 Å². The lowest BCUT2D eigenvalue weighted by Gasteiger charge is -2.25. The van der Waals surface area contributed by atoms with Gasteiger partial charge in [0.05, 0.1) is 12.1 Å². The van der Waals surface area contributed by atoms with Crippen LogP contribution in [0.3, 0.4) is 0 Å². The first kappa shape index (κ1) is 9.38. The van der Waals surface area contributed by atoms with Crippen molar-refractivity contribution in [2.45, 2.75) is 40.2 Å². The predicted octanol–water partition coefficient (Wildman–Crippen LogP) is 2.56. The Labute approximate surface area is 62.9 Å². The van der Waals surface area contributed by atoms with Crippen molar-refractivity contribution < 1.29 is 0 Å². The Morgan fingerprint density at radius 3 is 2.40 bits per heavy atom. The molecule has 2 nitrogen and oxygen atoms in total. The fourth-order valence-electron chi connectivity index (χ4n) is 0.567. The molecule has 0 aromatic rings. The smallest absolute Gasteiger partial charge is 0.0864 e. The zero-order valence-electron chi connectivity index (χ0n) is 7.23. The Morgan fingerprint density at radius 1 is 1.60 bits per heavy atom. The molecule has 0 aliphatic heterocycles. The average Bonchev–Trinajstić information content (AvgIpc) is 1.89. The molecule has 0 fully saturated rings. The van der Waals surface area contributed by atoms with E-state index in [0.29, 0.717) is 0 Å². The van der Waals surface area contributed by atoms with E-state index >= 15 is 0 Å². The van der Waals surface area contributed by atoms with E-state index in [1.807, 2.05) is 6.92 Å². The molecular formula is C8H16N2. The van der Waals surface area contributed by atoms with E-state index in [-0.39, 0.29) is 11.5 Å². The number of aliphatic imine (C=N–C) groups is 1. The van der Waals surface area contributed by atoms with Gasteiger partial charge in [0.15, 0.2) is 0 Å². The number of hydrogen-bond donors (Lipinski definition) is 1. The number of hydrogen-bond acceptors (Lipinski definition) is 2. The van der Waals surface area contributed by atoms with Crippen LogP contribution < -0.4 is 0 Å². The summed E-state index contributed by atoms with van der Waals surface area (Å²) in [5, 5.41) is 6.67. The maximum absolute atomic E-state index is 6.67. The Bertz CT molecular complexity index is 143. The molecule has 0 heterocycles. The third-order valence-electron chi connectivity index (χ3n) is 2.30. The molecule has 0 aliphatic rings. The minimum Gasteiger partial charge on any atom is -0.242 e. The van der Waals surface area contributed by atoms with Crippen molar-refractivity contribution >= 4 is 6.01 Å². The highest BCUT2D eigenvalue weighted by Crippen LogP contribution is 2.26. The maximum atomic E-state index is 6.67. The number of nitrogens with one attached hydrogen (secondary N) is 1. The summed E-state index contributed by atoms with van der Waals surface area (Å²) in [5.41, 5.74) is 0.202. The largest absolute Gasteiger partial charge is 0.242 e. The summed E-state index contributed by atoms with van der Waals surface area (Å²) in [4.78, 5) is 3.88. The van der Waals surface area contributed by atoms with Crippen molar-refractivity contribution in [3.05, 3.63) is 0 Å². The quantitative estimate of drug-likeness (QED) is 0.585. The van der Waals surface area contributed by atoms with Crippen molar-refractivity contribution in [1.29, 1.82) is 5.41 Å². The molecule has 0 spiro atoms. The summed E-state index contributed by atoms with van der Waals surface area (Å²) in [6, 6.07) is 2.29. The van der Waals surface area contributed by atoms with Crippen molar-refractivity contribution in [2.75, 3.05) is 0 Å². The van der Waals surface area contributed by atoms with E-state index in [2.05, 4.69) is 31.8 Å². The van der Waals surface area contributed by atoms with Crippen LogP contribution in [0.25, 0.3) is 0 Å². The molecule has 58 valence electrons. The standard InChI is InChI=1S/C8H16N2/c1-5-8(3,4)7(2)10-6-9/h7,9H,5H2,1-4H3. The molecule has 1 atom stereocenters. The maximum Gasteiger partial charge on any atom is 0.0864 e. The van der Waals surface area contributed by atoms with Crippen LogP contribution in [0.15, 0.2) is 4.99 Å². The van der Waals surface area contributed by atoms with Crippen molar-refractivity contribution in [2.24, 2.45) is 10.4 Å². The molecule has 10 heavy (non-hydrogen) atoms. The van der Waals surface area contributed by atoms with Gasteiger partial charge in [-0.15, -0.1) is 0 Å². The lowest BCUT2D eigenvalue weighted by atomic mass is 9.83. The van der Waals surface area contributed by atoms with Gasteiger partial charge in [0.25, 0.3) is 0 Å². The minimum atomic E-state index is 0.202. The monoisotopic (exact) mass is 140 g/mol. The molecule has 0 aliphatic carbocycles. The lowest BCUT2D eigenvalue weighted by molar-refractivity contribution is 0.292. The van der Waals surface area contributed by atoms with Gasteiger partial charge in [0.1, 0.15) is 0 Å². The third-order valence-corrected chi connectivity index (χ3v) is 2.30. The summed E-state index contributed by atoms with van der Waals surface area (Å²) in [5.74, 6) is 0. The van der Waals surface area contributed by atoms with Crippen LogP contribution in [0, 0.1) is 10.8 Å². The van der Waals surface area contributed by atoms with Gasteiger partial charge in [-0.25, -0.2) is 10.4 Å². The van der Waals surface area contributed by atoms with E-state index in [1.165, 1.54) is 0 Å². The van der Waals surface area contributed by atoms with Crippen molar-refractivity contribution in [3.63, 3.8) is 0 Å². The number of nitrogens with zero attached hydrogens (tertiary/aromatic N) is 1. The zero-order valence-corrected chi connectivity index (χ0v) is 7.23. The van der Waals surface area contributed by atoms with Gasteiger partial charge >= 0.3 is 0 Å². The van der Waals surface area contributed by atoms with Crippen LogP contribution in [-0.4, -0.2) is 12.1 Å². The van der Waals surface area contributed by atoms with Gasteiger partial charge in [-0.05, 0) is 18.8 Å². The highest BCUT2D eigenvalue weighted by atomic mass is 14.8. The first-order valence-corrected chi connectivity index (χ1v) is 3.66. The highest BCUT2D eigenvalue weighted by molar-refractivity contribution is 5.36. The van der Waals surface area contributed by atoms with Crippen LogP contribution in [-0.2, 0) is 0 Å². The fourth-order valence-corrected chi connectivity index (χ4v) is 0.567. The molecule has 0 amide bonds. The van der Waals surface area contributed by atoms with Crippen LogP contribution in [0.4, 0.5) is 0 Å². The molecule has 1 unspecified atom stereocenters. The Morgan fingerprint density at radius 2 is 2.10 bits per heavy atom. The van der Waals surface area contributed by atoms with Gasteiger partial charge in [-0.1, -0.05) is 20.8 Å². The normalized spacial score (nSPS) is 14.0. The van der Waals surface area contributed by atoms with E-state index in [4.69, 9.17) is 5.41 Å². The van der Waals surface area contributed by atoms with Crippen LogP contribution >= 0.6 is 0 Å². The van der Waals surface area contributed by atoms with Gasteiger partial charge in [-0.3, -0.25) is 0 Å². The first-order valence-electron chi connectivity index (χ1n) is 3.66. The molecule has 2 heteroatoms. The third kappa shape index (κ3) is 2.32. The SMILES string of the molecule is CCC(C)(C)C(C)N=C=N. The molecular weight excluding hydrogens is 124 g/mol. The van der Waals surface area contributed by atoms with Crippen LogP contribution in [0.2, 0.25) is 0 Å². The van der Waals surface area contributed by atoms with E-state index in [1.54, 1.807) is 0 Å². The molecule has 0 radical (unpaired) electrons. The molecule has 1 N–H and O–H groups in total. The molecule has 0 saturated heterocycles. The summed E-state index contributed by atoms with van der Waals surface area (Å²) in [6.07, 6.45) is 1.08. The summed E-state index contributed by atoms with van der Waals surface area (Å²) in [7, 11) is 0. The molecule has 0 aromatic heterocycles. The lowest BCUT2D eigenvalue weighted by Crippen LogP contribution is -2.23. The highest BCUT2D eigenvalue weighted by Gasteiger charge is 2.22. The number of rotatable bonds is 3. The van der Waals surface area contributed by atoms with Gasteiger partial charge in [0, 0.05) is 0 Å². The van der Waals surface area contributed by atoms with E-state index in [9.17, 15) is 0 Å². The van der Waals surface area contributed by atoms with Crippen molar-refractivity contribution in [3.8, 4) is 0 Å². The zero-order chi connectivity index (χ0) is 8.20. The second-order valence-corrected chi connectivity index (χ2v) is 3.26. The van der Waals surface area contributed by atoms with Gasteiger partial charge in [-0.2, -0.15) is 0 Å². The molecule has 0 aromatic carbocycles. The minimum absolute atomic E-state index is 0.202. The summed E-state index contributed by atoms with van der Waals surface area (Å²) >= 11 is 0. The van der Waals surface area contributed by atoms with Crippen LogP contribution in [0.1, 0.15) is 34.1 Å². The summed E-state index contributed by atoms with van der Waals surface area (Å²) < 4.78 is 0. The Kier molecular flexibility index (Phi) is 3.31. The second kappa shape index (κ2) is 3.52. The molecule has 0 saturated carbocycles. The van der Waals surface area contributed by atoms with Crippen molar-refractivity contribution in [1.82, 2.24) is 0 Å². The topological polar surface area (TPSA) is 36.2 Å². The Balaban J connectivity index is 4.16. The Hall–Kier alpha value is -0.620. The first-order chi connectivity index (χ1) is 4.54. The van der Waals surface area contributed by atoms with Gasteiger partial charge < -0.3 is 0 Å². The molecule has 0 bridgehead atoms. The van der Waals surface area contributed by atoms with Crippen LogP contribution in [0.5, 0.6) is 0 Å². The average molecular weight is 140 g/mol. The predicted molar refractivity (Wildman–Crippen MR) is 43.7 cm³/mol. The fraction of sp³-hybridized carbons (Fsp3) is 0.875. The second-order valence-electron chi connectivity index (χ2n) is 3.26.